The lowest BCUT2D eigenvalue weighted by Gasteiger charge is -2.15. The van der Waals surface area contributed by atoms with E-state index in [1.54, 1.807) is 0 Å². The molecule has 2 aromatic rings. The molecule has 17 heavy (non-hydrogen) atoms. The van der Waals surface area contributed by atoms with Gasteiger partial charge in [0.25, 0.3) is 0 Å². The van der Waals surface area contributed by atoms with Crippen molar-refractivity contribution in [3.8, 4) is 12.3 Å². The SMILES string of the molecule is C#CCn1c(N)nc2cc3c(cc21)CCCC3. The van der Waals surface area contributed by atoms with Crippen LogP contribution in [0.4, 0.5) is 5.95 Å². The Kier molecular flexibility index (Phi) is 2.29. The van der Waals surface area contributed by atoms with Gasteiger partial charge in [0.1, 0.15) is 0 Å². The molecular weight excluding hydrogens is 210 g/mol. The zero-order valence-electron chi connectivity index (χ0n) is 9.74. The fraction of sp³-hybridized carbons (Fsp3) is 0.357. The Balaban J connectivity index is 2.24. The summed E-state index contributed by atoms with van der Waals surface area (Å²) in [5, 5.41) is 0. The Morgan fingerprint density at radius 1 is 1.29 bits per heavy atom. The monoisotopic (exact) mass is 225 g/mol. The third kappa shape index (κ3) is 1.57. The molecule has 0 saturated carbocycles. The van der Waals surface area contributed by atoms with Crippen LogP contribution in [0.5, 0.6) is 0 Å². The van der Waals surface area contributed by atoms with Gasteiger partial charge < -0.3 is 5.73 Å². The highest BCUT2D eigenvalue weighted by atomic mass is 15.1. The number of aryl methyl sites for hydroxylation is 2. The molecule has 1 aromatic heterocycles. The summed E-state index contributed by atoms with van der Waals surface area (Å²) in [4.78, 5) is 4.39. The van der Waals surface area contributed by atoms with Crippen molar-refractivity contribution < 1.29 is 0 Å². The number of nitrogens with zero attached hydrogens (tertiary/aromatic N) is 2. The van der Waals surface area contributed by atoms with Crippen molar-refractivity contribution in [3.63, 3.8) is 0 Å². The molecule has 1 aliphatic rings. The third-order valence-corrected chi connectivity index (χ3v) is 3.49. The van der Waals surface area contributed by atoms with Crippen LogP contribution in [-0.4, -0.2) is 9.55 Å². The van der Waals surface area contributed by atoms with Crippen molar-refractivity contribution in [3.05, 3.63) is 23.3 Å². The van der Waals surface area contributed by atoms with Gasteiger partial charge in [-0.1, -0.05) is 5.92 Å². The normalized spacial score (nSPS) is 14.5. The van der Waals surface area contributed by atoms with E-state index in [1.165, 1.54) is 24.0 Å². The Morgan fingerprint density at radius 2 is 2.00 bits per heavy atom. The smallest absolute Gasteiger partial charge is 0.202 e. The van der Waals surface area contributed by atoms with E-state index < -0.39 is 0 Å². The van der Waals surface area contributed by atoms with Gasteiger partial charge in [0.15, 0.2) is 0 Å². The van der Waals surface area contributed by atoms with Crippen molar-refractivity contribution in [2.75, 3.05) is 5.73 Å². The summed E-state index contributed by atoms with van der Waals surface area (Å²) in [6.07, 6.45) is 10.2. The number of benzene rings is 1. The number of terminal acetylenes is 1. The number of hydrogen-bond acceptors (Lipinski definition) is 2. The van der Waals surface area contributed by atoms with Crippen LogP contribution in [0.25, 0.3) is 11.0 Å². The van der Waals surface area contributed by atoms with Crippen LogP contribution >= 0.6 is 0 Å². The largest absolute Gasteiger partial charge is 0.369 e. The van der Waals surface area contributed by atoms with Crippen molar-refractivity contribution in [2.45, 2.75) is 32.2 Å². The second-order valence-electron chi connectivity index (χ2n) is 4.58. The molecular formula is C14H15N3. The van der Waals surface area contributed by atoms with E-state index in [9.17, 15) is 0 Å². The molecule has 1 aromatic carbocycles. The van der Waals surface area contributed by atoms with Crippen LogP contribution in [0, 0.1) is 12.3 Å². The molecule has 0 aliphatic heterocycles. The van der Waals surface area contributed by atoms with Crippen LogP contribution in [0.15, 0.2) is 12.1 Å². The highest BCUT2D eigenvalue weighted by Crippen LogP contribution is 2.27. The van der Waals surface area contributed by atoms with Gasteiger partial charge in [0.2, 0.25) is 5.95 Å². The summed E-state index contributed by atoms with van der Waals surface area (Å²) in [5.41, 5.74) is 10.8. The third-order valence-electron chi connectivity index (χ3n) is 3.49. The van der Waals surface area contributed by atoms with Gasteiger partial charge in [-0.15, -0.1) is 6.42 Å². The minimum Gasteiger partial charge on any atom is -0.369 e. The lowest BCUT2D eigenvalue weighted by molar-refractivity contribution is 0.686. The number of fused-ring (bicyclic) bond motifs is 2. The number of rotatable bonds is 1. The minimum atomic E-state index is 0.487. The molecule has 3 heteroatoms. The van der Waals surface area contributed by atoms with E-state index in [1.807, 2.05) is 4.57 Å². The number of anilines is 1. The first kappa shape index (κ1) is 10.2. The Hall–Kier alpha value is -1.95. The van der Waals surface area contributed by atoms with Crippen molar-refractivity contribution in [1.82, 2.24) is 9.55 Å². The highest BCUT2D eigenvalue weighted by Gasteiger charge is 2.14. The van der Waals surface area contributed by atoms with E-state index >= 15 is 0 Å². The van der Waals surface area contributed by atoms with Crippen LogP contribution in [0.3, 0.4) is 0 Å². The zero-order valence-corrected chi connectivity index (χ0v) is 9.74. The molecule has 0 unspecified atom stereocenters. The summed E-state index contributed by atoms with van der Waals surface area (Å²) >= 11 is 0. The van der Waals surface area contributed by atoms with E-state index in [4.69, 9.17) is 12.2 Å². The molecule has 3 nitrogen and oxygen atoms in total. The van der Waals surface area contributed by atoms with E-state index in [2.05, 4.69) is 23.0 Å². The molecule has 0 amide bonds. The standard InChI is InChI=1S/C14H15N3/c1-2-7-17-13-9-11-6-4-3-5-10(11)8-12(13)16-14(17)15/h1,8-9H,3-7H2,(H2,15,16). The number of nitrogens with two attached hydrogens (primary N) is 1. The maximum atomic E-state index is 5.89. The summed E-state index contributed by atoms with van der Waals surface area (Å²) in [6, 6.07) is 4.39. The minimum absolute atomic E-state index is 0.487. The van der Waals surface area contributed by atoms with E-state index in [-0.39, 0.29) is 0 Å². The molecule has 2 N–H and O–H groups in total. The second kappa shape index (κ2) is 3.81. The van der Waals surface area contributed by atoms with Crippen LogP contribution < -0.4 is 5.73 Å². The predicted octanol–water partition coefficient (Wildman–Crippen LogP) is 2.13. The fourth-order valence-corrected chi connectivity index (χ4v) is 2.63. The predicted molar refractivity (Wildman–Crippen MR) is 69.6 cm³/mol. The zero-order chi connectivity index (χ0) is 11.8. The topological polar surface area (TPSA) is 43.8 Å². The summed E-state index contributed by atoms with van der Waals surface area (Å²) in [7, 11) is 0. The fourth-order valence-electron chi connectivity index (χ4n) is 2.63. The van der Waals surface area contributed by atoms with Gasteiger partial charge in [-0.3, -0.25) is 4.57 Å². The molecule has 0 atom stereocenters. The van der Waals surface area contributed by atoms with Gasteiger partial charge in [0, 0.05) is 0 Å². The second-order valence-corrected chi connectivity index (χ2v) is 4.58. The Bertz CT molecular complexity index is 616. The number of imidazole rings is 1. The van der Waals surface area contributed by atoms with Gasteiger partial charge in [-0.2, -0.15) is 0 Å². The van der Waals surface area contributed by atoms with Gasteiger partial charge in [-0.25, -0.2) is 4.98 Å². The van der Waals surface area contributed by atoms with Gasteiger partial charge >= 0.3 is 0 Å². The molecule has 0 fully saturated rings. The maximum Gasteiger partial charge on any atom is 0.202 e. The Labute approximate surface area is 101 Å². The molecule has 0 saturated heterocycles. The van der Waals surface area contributed by atoms with Crippen LogP contribution in [-0.2, 0) is 19.4 Å². The average Bonchev–Trinajstić information content (AvgIpc) is 2.63. The molecule has 0 spiro atoms. The van der Waals surface area contributed by atoms with Crippen molar-refractivity contribution in [2.24, 2.45) is 0 Å². The molecule has 86 valence electrons. The summed E-state index contributed by atoms with van der Waals surface area (Å²) in [6.45, 7) is 0.487. The maximum absolute atomic E-state index is 5.89. The average molecular weight is 225 g/mol. The number of hydrogen-bond donors (Lipinski definition) is 1. The molecule has 0 radical (unpaired) electrons. The highest BCUT2D eigenvalue weighted by molar-refractivity contribution is 5.80. The first-order chi connectivity index (χ1) is 8.29. The van der Waals surface area contributed by atoms with Gasteiger partial charge in [0.05, 0.1) is 17.6 Å². The summed E-state index contributed by atoms with van der Waals surface area (Å²) in [5.74, 6) is 3.14. The first-order valence-electron chi connectivity index (χ1n) is 6.00. The molecule has 1 heterocycles. The molecule has 3 rings (SSSR count). The van der Waals surface area contributed by atoms with E-state index in [0.717, 1.165) is 23.9 Å². The lowest BCUT2D eigenvalue weighted by atomic mass is 9.91. The quantitative estimate of drug-likeness (QED) is 0.755. The van der Waals surface area contributed by atoms with Gasteiger partial charge in [-0.05, 0) is 48.9 Å². The number of nitrogen functional groups attached to an aromatic ring is 1. The first-order valence-corrected chi connectivity index (χ1v) is 6.00. The van der Waals surface area contributed by atoms with Crippen molar-refractivity contribution >= 4 is 17.0 Å². The summed E-state index contributed by atoms with van der Waals surface area (Å²) < 4.78 is 1.91. The number of aromatic nitrogens is 2. The van der Waals surface area contributed by atoms with Crippen LogP contribution in [0.2, 0.25) is 0 Å². The lowest BCUT2D eigenvalue weighted by Crippen LogP contribution is -2.04. The molecule has 1 aliphatic carbocycles. The Morgan fingerprint density at radius 3 is 2.71 bits per heavy atom. The van der Waals surface area contributed by atoms with E-state index in [0.29, 0.717) is 12.5 Å². The van der Waals surface area contributed by atoms with Crippen molar-refractivity contribution in [1.29, 1.82) is 0 Å². The molecule has 0 bridgehead atoms. The van der Waals surface area contributed by atoms with Crippen LogP contribution in [0.1, 0.15) is 24.0 Å².